The summed E-state index contributed by atoms with van der Waals surface area (Å²) in [4.78, 5) is 5.00. The van der Waals surface area contributed by atoms with E-state index in [0.717, 1.165) is 36.2 Å². The summed E-state index contributed by atoms with van der Waals surface area (Å²) in [6.45, 7) is 0. The third-order valence-electron chi connectivity index (χ3n) is 3.67. The molecule has 1 aromatic heterocycles. The molecule has 3 rings (SSSR count). The highest BCUT2D eigenvalue weighted by molar-refractivity contribution is 7.80. The van der Waals surface area contributed by atoms with Gasteiger partial charge in [-0.3, -0.25) is 0 Å². The highest BCUT2D eigenvalue weighted by Crippen LogP contribution is 2.26. The van der Waals surface area contributed by atoms with Crippen LogP contribution in [0.5, 0.6) is 0 Å². The largest absolute Gasteiger partial charge is 0.389 e. The van der Waals surface area contributed by atoms with E-state index >= 15 is 0 Å². The SMILES string of the molecule is NC(=S)c1cc2c(nc1Nc1ccc(F)cc1)CCCC2. The van der Waals surface area contributed by atoms with Crippen molar-refractivity contribution in [3.05, 3.63) is 53.0 Å². The predicted molar refractivity (Wildman–Crippen MR) is 86.4 cm³/mol. The summed E-state index contributed by atoms with van der Waals surface area (Å²) < 4.78 is 13.0. The van der Waals surface area contributed by atoms with Crippen molar-refractivity contribution in [1.82, 2.24) is 4.98 Å². The number of benzene rings is 1. The molecule has 1 aliphatic carbocycles. The van der Waals surface area contributed by atoms with Crippen LogP contribution in [-0.2, 0) is 12.8 Å². The van der Waals surface area contributed by atoms with Crippen LogP contribution >= 0.6 is 12.2 Å². The van der Waals surface area contributed by atoms with E-state index in [2.05, 4.69) is 10.3 Å². The third-order valence-corrected chi connectivity index (χ3v) is 3.89. The zero-order valence-electron chi connectivity index (χ0n) is 11.5. The summed E-state index contributed by atoms with van der Waals surface area (Å²) in [5.74, 6) is 0.378. The monoisotopic (exact) mass is 301 g/mol. The summed E-state index contributed by atoms with van der Waals surface area (Å²) in [6.07, 6.45) is 4.33. The summed E-state index contributed by atoms with van der Waals surface area (Å²) in [6, 6.07) is 8.18. The van der Waals surface area contributed by atoms with E-state index in [1.807, 2.05) is 6.07 Å². The number of aryl methyl sites for hydroxylation is 2. The van der Waals surface area contributed by atoms with Gasteiger partial charge in [-0.05, 0) is 61.6 Å². The van der Waals surface area contributed by atoms with Gasteiger partial charge in [0.1, 0.15) is 16.6 Å². The standard InChI is InChI=1S/C16H16FN3S/c17-11-5-7-12(8-6-11)19-16-13(15(18)21)9-10-3-1-2-4-14(10)20-16/h5-9H,1-4H2,(H2,18,21)(H,19,20). The molecule has 0 spiro atoms. The second-order valence-corrected chi connectivity index (χ2v) is 5.63. The Hall–Kier alpha value is -2.01. The van der Waals surface area contributed by atoms with Crippen molar-refractivity contribution in [2.24, 2.45) is 5.73 Å². The first-order valence-electron chi connectivity index (χ1n) is 6.98. The molecule has 5 heteroatoms. The minimum absolute atomic E-state index is 0.270. The lowest BCUT2D eigenvalue weighted by molar-refractivity contribution is 0.628. The molecule has 0 amide bonds. The van der Waals surface area contributed by atoms with Crippen molar-refractivity contribution >= 4 is 28.7 Å². The number of rotatable bonds is 3. The van der Waals surface area contributed by atoms with Gasteiger partial charge in [-0.15, -0.1) is 0 Å². The molecule has 1 heterocycles. The number of hydrogen-bond donors (Lipinski definition) is 2. The minimum atomic E-state index is -0.270. The van der Waals surface area contributed by atoms with Crippen molar-refractivity contribution < 1.29 is 4.39 Å². The smallest absolute Gasteiger partial charge is 0.140 e. The number of hydrogen-bond acceptors (Lipinski definition) is 3. The van der Waals surface area contributed by atoms with Crippen molar-refractivity contribution in [3.63, 3.8) is 0 Å². The lowest BCUT2D eigenvalue weighted by Gasteiger charge is -2.19. The van der Waals surface area contributed by atoms with Crippen LogP contribution in [0.3, 0.4) is 0 Å². The summed E-state index contributed by atoms with van der Waals surface area (Å²) >= 11 is 5.13. The van der Waals surface area contributed by atoms with Crippen LogP contribution in [0.25, 0.3) is 0 Å². The van der Waals surface area contributed by atoms with Crippen LogP contribution in [0.4, 0.5) is 15.9 Å². The molecule has 0 bridgehead atoms. The highest BCUT2D eigenvalue weighted by Gasteiger charge is 2.16. The molecule has 3 N–H and O–H groups in total. The first kappa shape index (κ1) is 13.9. The highest BCUT2D eigenvalue weighted by atomic mass is 32.1. The van der Waals surface area contributed by atoms with E-state index < -0.39 is 0 Å². The maximum Gasteiger partial charge on any atom is 0.140 e. The number of nitrogens with two attached hydrogens (primary N) is 1. The van der Waals surface area contributed by atoms with Gasteiger partial charge in [0.25, 0.3) is 0 Å². The maximum atomic E-state index is 13.0. The normalized spacial score (nSPS) is 13.6. The van der Waals surface area contributed by atoms with E-state index in [4.69, 9.17) is 18.0 Å². The number of anilines is 2. The molecule has 0 radical (unpaired) electrons. The number of pyridine rings is 1. The predicted octanol–water partition coefficient (Wildman–Crippen LogP) is 3.48. The Morgan fingerprint density at radius 1 is 1.19 bits per heavy atom. The van der Waals surface area contributed by atoms with Gasteiger partial charge in [-0.2, -0.15) is 0 Å². The topological polar surface area (TPSA) is 50.9 Å². The molecule has 0 fully saturated rings. The Morgan fingerprint density at radius 3 is 2.62 bits per heavy atom. The average molecular weight is 301 g/mol. The molecule has 1 aliphatic rings. The molecule has 0 unspecified atom stereocenters. The van der Waals surface area contributed by atoms with Gasteiger partial charge in [-0.1, -0.05) is 12.2 Å². The molecule has 1 aromatic carbocycles. The van der Waals surface area contributed by atoms with Crippen molar-refractivity contribution in [3.8, 4) is 0 Å². The number of aromatic nitrogens is 1. The molecule has 0 aliphatic heterocycles. The number of nitrogens with one attached hydrogen (secondary N) is 1. The Balaban J connectivity index is 1.99. The second-order valence-electron chi connectivity index (χ2n) is 5.19. The lowest BCUT2D eigenvalue weighted by atomic mass is 9.94. The summed E-state index contributed by atoms with van der Waals surface area (Å²) in [5, 5.41) is 3.19. The van der Waals surface area contributed by atoms with Crippen LogP contribution in [0.2, 0.25) is 0 Å². The molecule has 2 aromatic rings. The third kappa shape index (κ3) is 3.03. The first-order chi connectivity index (χ1) is 10.1. The minimum Gasteiger partial charge on any atom is -0.389 e. The van der Waals surface area contributed by atoms with E-state index in [1.54, 1.807) is 12.1 Å². The number of fused-ring (bicyclic) bond motifs is 1. The molecule has 3 nitrogen and oxygen atoms in total. The lowest BCUT2D eigenvalue weighted by Crippen LogP contribution is -2.16. The average Bonchev–Trinajstić information content (AvgIpc) is 2.48. The zero-order valence-corrected chi connectivity index (χ0v) is 12.3. The van der Waals surface area contributed by atoms with E-state index in [-0.39, 0.29) is 5.82 Å². The van der Waals surface area contributed by atoms with Crippen LogP contribution in [0.1, 0.15) is 29.7 Å². The van der Waals surface area contributed by atoms with E-state index in [1.165, 1.54) is 24.1 Å². The molecular formula is C16H16FN3S. The summed E-state index contributed by atoms with van der Waals surface area (Å²) in [5.41, 5.74) is 9.66. The number of thiocarbonyl (C=S) groups is 1. The zero-order chi connectivity index (χ0) is 14.8. The molecule has 0 saturated carbocycles. The van der Waals surface area contributed by atoms with Crippen molar-refractivity contribution in [2.45, 2.75) is 25.7 Å². The molecular weight excluding hydrogens is 285 g/mol. The van der Waals surface area contributed by atoms with Crippen LogP contribution in [-0.4, -0.2) is 9.97 Å². The molecule has 108 valence electrons. The van der Waals surface area contributed by atoms with E-state index in [0.29, 0.717) is 10.8 Å². The van der Waals surface area contributed by atoms with Crippen molar-refractivity contribution in [2.75, 3.05) is 5.32 Å². The summed E-state index contributed by atoms with van der Waals surface area (Å²) in [7, 11) is 0. The van der Waals surface area contributed by atoms with Gasteiger partial charge in [-0.25, -0.2) is 9.37 Å². The Morgan fingerprint density at radius 2 is 1.90 bits per heavy atom. The molecule has 21 heavy (non-hydrogen) atoms. The maximum absolute atomic E-state index is 13.0. The van der Waals surface area contributed by atoms with Gasteiger partial charge < -0.3 is 11.1 Å². The van der Waals surface area contributed by atoms with Gasteiger partial charge in [0.05, 0.1) is 5.56 Å². The molecule has 0 atom stereocenters. The van der Waals surface area contributed by atoms with E-state index in [9.17, 15) is 4.39 Å². The van der Waals surface area contributed by atoms with Gasteiger partial charge in [0.15, 0.2) is 0 Å². The fourth-order valence-electron chi connectivity index (χ4n) is 2.59. The Labute approximate surface area is 128 Å². The number of nitrogens with zero attached hydrogens (tertiary/aromatic N) is 1. The Kier molecular flexibility index (Phi) is 3.84. The van der Waals surface area contributed by atoms with Crippen molar-refractivity contribution in [1.29, 1.82) is 0 Å². The van der Waals surface area contributed by atoms with Crippen LogP contribution in [0.15, 0.2) is 30.3 Å². The molecule has 0 saturated heterocycles. The number of halogens is 1. The Bertz CT molecular complexity index is 683. The van der Waals surface area contributed by atoms with Gasteiger partial charge in [0, 0.05) is 11.4 Å². The fourth-order valence-corrected chi connectivity index (χ4v) is 2.74. The van der Waals surface area contributed by atoms with Crippen LogP contribution < -0.4 is 11.1 Å². The quantitative estimate of drug-likeness (QED) is 0.852. The fraction of sp³-hybridized carbons (Fsp3) is 0.250. The second kappa shape index (κ2) is 5.77. The first-order valence-corrected chi connectivity index (χ1v) is 7.39. The van der Waals surface area contributed by atoms with Gasteiger partial charge >= 0.3 is 0 Å². The van der Waals surface area contributed by atoms with Gasteiger partial charge in [0.2, 0.25) is 0 Å². The van der Waals surface area contributed by atoms with Crippen LogP contribution in [0, 0.1) is 5.82 Å².